The fourth-order valence-electron chi connectivity index (χ4n) is 1.62. The number of imide groups is 1. The summed E-state index contributed by atoms with van der Waals surface area (Å²) in [6.45, 7) is 4.85. The van der Waals surface area contributed by atoms with Gasteiger partial charge in [-0.1, -0.05) is 0 Å². The fraction of sp³-hybridized carbons (Fsp3) is 0.538. The van der Waals surface area contributed by atoms with Gasteiger partial charge in [0.05, 0.1) is 0 Å². The third-order valence-electron chi connectivity index (χ3n) is 2.53. The number of carbonyl (C=O) groups excluding carboxylic acids is 3. The Morgan fingerprint density at radius 1 is 1.29 bits per heavy atom. The number of rotatable bonds is 5. The summed E-state index contributed by atoms with van der Waals surface area (Å²) < 4.78 is 4.96. The third-order valence-corrected chi connectivity index (χ3v) is 2.53. The minimum absolute atomic E-state index is 0.0998. The van der Waals surface area contributed by atoms with Crippen LogP contribution in [-0.2, 0) is 19.1 Å². The first-order valence-corrected chi connectivity index (χ1v) is 6.36. The van der Waals surface area contributed by atoms with Crippen molar-refractivity contribution in [2.24, 2.45) is 0 Å². The predicted octanol–water partition coefficient (Wildman–Crippen LogP) is 0.279. The number of hydrogen-bond acceptors (Lipinski definition) is 5. The van der Waals surface area contributed by atoms with Gasteiger partial charge in [0, 0.05) is 18.7 Å². The molecule has 1 atom stereocenters. The first-order valence-electron chi connectivity index (χ1n) is 6.36. The normalized spacial score (nSPS) is 16.0. The van der Waals surface area contributed by atoms with Crippen molar-refractivity contribution >= 4 is 23.9 Å². The molecule has 0 radical (unpaired) electrons. The van der Waals surface area contributed by atoms with Gasteiger partial charge in [-0.2, -0.15) is 0 Å². The van der Waals surface area contributed by atoms with E-state index in [4.69, 9.17) is 9.84 Å². The van der Waals surface area contributed by atoms with Crippen LogP contribution in [0.4, 0.5) is 4.79 Å². The summed E-state index contributed by atoms with van der Waals surface area (Å²) in [5.74, 6) is -2.27. The third kappa shape index (κ3) is 5.25. The van der Waals surface area contributed by atoms with E-state index in [1.165, 1.54) is 0 Å². The molecule has 0 aromatic rings. The molecule has 8 heteroatoms. The van der Waals surface area contributed by atoms with Crippen LogP contribution in [0.3, 0.4) is 0 Å². The number of aliphatic carboxylic acids is 1. The number of hydrogen-bond donors (Lipinski definition) is 2. The van der Waals surface area contributed by atoms with Crippen LogP contribution in [0, 0.1) is 0 Å². The molecule has 0 saturated carbocycles. The lowest BCUT2D eigenvalue weighted by Crippen LogP contribution is -2.45. The van der Waals surface area contributed by atoms with Gasteiger partial charge in [0.1, 0.15) is 11.6 Å². The summed E-state index contributed by atoms with van der Waals surface area (Å²) in [4.78, 5) is 46.2. The smallest absolute Gasteiger partial charge is 0.408 e. The molecule has 0 aromatic carbocycles. The van der Waals surface area contributed by atoms with E-state index >= 15 is 0 Å². The second-order valence-corrected chi connectivity index (χ2v) is 5.49. The number of carbonyl (C=O) groups is 4. The SMILES string of the molecule is CC(C)(C)OC(=O)NC(CCN1C(=O)C=CC1=O)C(=O)O. The van der Waals surface area contributed by atoms with Crippen molar-refractivity contribution in [1.29, 1.82) is 0 Å². The highest BCUT2D eigenvalue weighted by atomic mass is 16.6. The molecule has 0 aromatic heterocycles. The van der Waals surface area contributed by atoms with E-state index in [1.54, 1.807) is 20.8 Å². The molecule has 0 aliphatic carbocycles. The predicted molar refractivity (Wildman–Crippen MR) is 71.3 cm³/mol. The van der Waals surface area contributed by atoms with Gasteiger partial charge in [-0.15, -0.1) is 0 Å². The van der Waals surface area contributed by atoms with Crippen molar-refractivity contribution in [3.05, 3.63) is 12.2 Å². The van der Waals surface area contributed by atoms with Crippen LogP contribution in [0.5, 0.6) is 0 Å². The monoisotopic (exact) mass is 298 g/mol. The molecular weight excluding hydrogens is 280 g/mol. The molecule has 0 spiro atoms. The lowest BCUT2D eigenvalue weighted by atomic mass is 10.2. The average molecular weight is 298 g/mol. The first-order chi connectivity index (χ1) is 9.60. The second-order valence-electron chi connectivity index (χ2n) is 5.49. The molecule has 0 fully saturated rings. The minimum Gasteiger partial charge on any atom is -0.480 e. The van der Waals surface area contributed by atoms with Crippen LogP contribution in [0.1, 0.15) is 27.2 Å². The Kier molecular flexibility index (Phi) is 5.07. The zero-order valence-electron chi connectivity index (χ0n) is 12.1. The van der Waals surface area contributed by atoms with Crippen LogP contribution in [0.25, 0.3) is 0 Å². The van der Waals surface area contributed by atoms with E-state index in [0.29, 0.717) is 0 Å². The quantitative estimate of drug-likeness (QED) is 0.705. The topological polar surface area (TPSA) is 113 Å². The van der Waals surface area contributed by atoms with Gasteiger partial charge in [0.25, 0.3) is 11.8 Å². The second kappa shape index (κ2) is 6.38. The maximum Gasteiger partial charge on any atom is 0.408 e. The van der Waals surface area contributed by atoms with E-state index in [-0.39, 0.29) is 13.0 Å². The molecule has 1 unspecified atom stereocenters. The van der Waals surface area contributed by atoms with Crippen LogP contribution >= 0.6 is 0 Å². The van der Waals surface area contributed by atoms with Gasteiger partial charge in [0.2, 0.25) is 0 Å². The standard InChI is InChI=1S/C13H18N2O6/c1-13(2,3)21-12(20)14-8(11(18)19)6-7-15-9(16)4-5-10(15)17/h4-5,8H,6-7H2,1-3H3,(H,14,20)(H,18,19). The lowest BCUT2D eigenvalue weighted by molar-refractivity contribution is -0.142. The summed E-state index contributed by atoms with van der Waals surface area (Å²) in [6, 6.07) is -1.25. The van der Waals surface area contributed by atoms with Crippen molar-refractivity contribution in [3.63, 3.8) is 0 Å². The maximum absolute atomic E-state index is 11.5. The highest BCUT2D eigenvalue weighted by Gasteiger charge is 2.28. The number of carboxylic acid groups (broad SMARTS) is 1. The van der Waals surface area contributed by atoms with Crippen molar-refractivity contribution < 1.29 is 29.0 Å². The zero-order chi connectivity index (χ0) is 16.2. The van der Waals surface area contributed by atoms with E-state index < -0.39 is 35.5 Å². The molecule has 0 bridgehead atoms. The van der Waals surface area contributed by atoms with Crippen molar-refractivity contribution in [1.82, 2.24) is 10.2 Å². The Balaban J connectivity index is 2.55. The van der Waals surface area contributed by atoms with Gasteiger partial charge < -0.3 is 15.2 Å². The summed E-state index contributed by atoms with van der Waals surface area (Å²) in [7, 11) is 0. The Bertz CT molecular complexity index is 473. The molecule has 21 heavy (non-hydrogen) atoms. The van der Waals surface area contributed by atoms with Crippen molar-refractivity contribution in [2.45, 2.75) is 38.8 Å². The molecule has 1 aliphatic heterocycles. The van der Waals surface area contributed by atoms with Gasteiger partial charge in [-0.3, -0.25) is 14.5 Å². The molecule has 1 aliphatic rings. The average Bonchev–Trinajstić information content (AvgIpc) is 2.62. The first kappa shape index (κ1) is 16.7. The van der Waals surface area contributed by atoms with E-state index in [1.807, 2.05) is 0 Å². The Labute approximate surface area is 121 Å². The lowest BCUT2D eigenvalue weighted by Gasteiger charge is -2.22. The maximum atomic E-state index is 11.5. The summed E-state index contributed by atoms with van der Waals surface area (Å²) >= 11 is 0. The molecule has 3 amide bonds. The van der Waals surface area contributed by atoms with E-state index in [0.717, 1.165) is 17.1 Å². The molecular formula is C13H18N2O6. The van der Waals surface area contributed by atoms with Gasteiger partial charge in [-0.05, 0) is 27.2 Å². The van der Waals surface area contributed by atoms with Crippen LogP contribution in [-0.4, -0.2) is 52.1 Å². The Hall–Kier alpha value is -2.38. The van der Waals surface area contributed by atoms with Crippen LogP contribution in [0.2, 0.25) is 0 Å². The van der Waals surface area contributed by atoms with E-state index in [2.05, 4.69) is 5.32 Å². The zero-order valence-corrected chi connectivity index (χ0v) is 12.1. The molecule has 1 rings (SSSR count). The molecule has 0 saturated heterocycles. The van der Waals surface area contributed by atoms with Crippen LogP contribution < -0.4 is 5.32 Å². The number of nitrogens with one attached hydrogen (secondary N) is 1. The number of alkyl carbamates (subject to hydrolysis) is 1. The van der Waals surface area contributed by atoms with E-state index in [9.17, 15) is 19.2 Å². The summed E-state index contributed by atoms with van der Waals surface area (Å²) in [5.41, 5.74) is -0.752. The Morgan fingerprint density at radius 2 is 1.81 bits per heavy atom. The molecule has 8 nitrogen and oxygen atoms in total. The Morgan fingerprint density at radius 3 is 2.24 bits per heavy atom. The highest BCUT2D eigenvalue weighted by Crippen LogP contribution is 2.09. The highest BCUT2D eigenvalue weighted by molar-refractivity contribution is 6.12. The fourth-order valence-corrected chi connectivity index (χ4v) is 1.62. The van der Waals surface area contributed by atoms with Gasteiger partial charge >= 0.3 is 12.1 Å². The largest absolute Gasteiger partial charge is 0.480 e. The number of ether oxygens (including phenoxy) is 1. The number of carboxylic acids is 1. The molecule has 1 heterocycles. The van der Waals surface area contributed by atoms with Crippen molar-refractivity contribution in [2.75, 3.05) is 6.54 Å². The minimum atomic E-state index is -1.27. The summed E-state index contributed by atoms with van der Waals surface area (Å²) in [6.07, 6.45) is 1.25. The number of amides is 3. The molecule has 2 N–H and O–H groups in total. The number of nitrogens with zero attached hydrogens (tertiary/aromatic N) is 1. The van der Waals surface area contributed by atoms with Gasteiger partial charge in [-0.25, -0.2) is 9.59 Å². The molecule has 116 valence electrons. The van der Waals surface area contributed by atoms with Crippen LogP contribution in [0.15, 0.2) is 12.2 Å². The van der Waals surface area contributed by atoms with Crippen molar-refractivity contribution in [3.8, 4) is 0 Å². The van der Waals surface area contributed by atoms with Gasteiger partial charge in [0.15, 0.2) is 0 Å². The summed E-state index contributed by atoms with van der Waals surface area (Å²) in [5, 5.41) is 11.2.